The van der Waals surface area contributed by atoms with Crippen LogP contribution in [-0.2, 0) is 4.79 Å². The molecule has 1 atom stereocenters. The molecule has 3 nitrogen and oxygen atoms in total. The van der Waals surface area contributed by atoms with Crippen LogP contribution in [0.25, 0.3) is 0 Å². The number of hydrogen-bond acceptors (Lipinski definition) is 3. The predicted octanol–water partition coefficient (Wildman–Crippen LogP) is 3.80. The van der Waals surface area contributed by atoms with Gasteiger partial charge < -0.3 is 10.6 Å². The average molecular weight is 341 g/mol. The molecule has 8 heteroatoms. The number of carbonyl (C=O) groups excluding carboxylic acids is 1. The molecule has 1 unspecified atom stereocenters. The van der Waals surface area contributed by atoms with Gasteiger partial charge in [-0.3, -0.25) is 4.79 Å². The molecule has 0 bridgehead atoms. The number of halogens is 4. The Kier molecular flexibility index (Phi) is 6.83. The Bertz CT molecular complexity index is 479. The van der Waals surface area contributed by atoms with E-state index in [0.717, 1.165) is 19.4 Å². The van der Waals surface area contributed by atoms with Gasteiger partial charge in [0.1, 0.15) is 0 Å². The molecule has 118 valence electrons. The van der Waals surface area contributed by atoms with Crippen LogP contribution in [-0.4, -0.2) is 24.0 Å². The molecule has 2 N–H and O–H groups in total. The second-order valence-electron chi connectivity index (χ2n) is 4.59. The van der Waals surface area contributed by atoms with Crippen molar-refractivity contribution in [1.29, 1.82) is 0 Å². The van der Waals surface area contributed by atoms with Gasteiger partial charge in [0.2, 0.25) is 5.91 Å². The summed E-state index contributed by atoms with van der Waals surface area (Å²) < 4.78 is 37.3. The quantitative estimate of drug-likeness (QED) is 0.819. The highest BCUT2D eigenvalue weighted by atomic mass is 35.5. The number of amides is 1. The number of nitrogens with one attached hydrogen (secondary N) is 2. The Morgan fingerprint density at radius 1 is 1.38 bits per heavy atom. The number of rotatable bonds is 4. The fourth-order valence-corrected chi connectivity index (χ4v) is 2.76. The minimum absolute atomic E-state index is 0. The molecule has 2 rings (SSSR count). The molecule has 1 heterocycles. The lowest BCUT2D eigenvalue weighted by molar-refractivity contribution is -0.116. The first-order chi connectivity index (χ1) is 9.44. The van der Waals surface area contributed by atoms with Crippen molar-refractivity contribution in [3.63, 3.8) is 0 Å². The molecule has 0 radical (unpaired) electrons. The van der Waals surface area contributed by atoms with Crippen LogP contribution in [0.5, 0.6) is 0 Å². The monoisotopic (exact) mass is 340 g/mol. The Morgan fingerprint density at radius 3 is 2.71 bits per heavy atom. The summed E-state index contributed by atoms with van der Waals surface area (Å²) in [6.45, 7) is 0.887. The number of benzene rings is 1. The molecule has 1 aliphatic heterocycles. The highest BCUT2D eigenvalue weighted by Crippen LogP contribution is 2.40. The lowest BCUT2D eigenvalue weighted by Gasteiger charge is -2.14. The summed E-state index contributed by atoms with van der Waals surface area (Å²) in [7, 11) is 0. The zero-order valence-electron chi connectivity index (χ0n) is 11.1. The molecule has 1 aromatic carbocycles. The second-order valence-corrected chi connectivity index (χ2v) is 5.70. The summed E-state index contributed by atoms with van der Waals surface area (Å²) in [5.74, 6) is -0.264. The Hall–Kier alpha value is -0.920. The summed E-state index contributed by atoms with van der Waals surface area (Å²) in [4.78, 5) is 11.9. The topological polar surface area (TPSA) is 41.1 Å². The maximum Gasteiger partial charge on any atom is 0.446 e. The van der Waals surface area contributed by atoms with Gasteiger partial charge in [0.15, 0.2) is 0 Å². The fourth-order valence-electron chi connectivity index (χ4n) is 2.14. The summed E-state index contributed by atoms with van der Waals surface area (Å²) >= 11 is -0.218. The van der Waals surface area contributed by atoms with Gasteiger partial charge in [-0.1, -0.05) is 12.1 Å². The number of anilines is 1. The van der Waals surface area contributed by atoms with Crippen molar-refractivity contribution < 1.29 is 18.0 Å². The Balaban J connectivity index is 0.00000220. The predicted molar refractivity (Wildman–Crippen MR) is 79.9 cm³/mol. The van der Waals surface area contributed by atoms with Crippen molar-refractivity contribution >= 4 is 35.8 Å². The molecular weight excluding hydrogens is 325 g/mol. The van der Waals surface area contributed by atoms with E-state index in [2.05, 4.69) is 10.6 Å². The molecule has 1 amide bonds. The van der Waals surface area contributed by atoms with Crippen molar-refractivity contribution in [3.05, 3.63) is 24.3 Å². The number of alkyl halides is 3. The fraction of sp³-hybridized carbons (Fsp3) is 0.462. The number of hydrogen-bond donors (Lipinski definition) is 2. The maximum atomic E-state index is 12.4. The molecular formula is C13H16ClF3N2OS. The SMILES string of the molecule is Cl.O=C(CC1CCCN1)Nc1ccccc1SC(F)(F)F. The van der Waals surface area contributed by atoms with E-state index in [-0.39, 0.29) is 53.1 Å². The summed E-state index contributed by atoms with van der Waals surface area (Å²) in [5, 5.41) is 5.74. The summed E-state index contributed by atoms with van der Waals surface area (Å²) in [5.41, 5.74) is -4.16. The van der Waals surface area contributed by atoms with Gasteiger partial charge in [0, 0.05) is 17.4 Å². The van der Waals surface area contributed by atoms with E-state index in [9.17, 15) is 18.0 Å². The van der Waals surface area contributed by atoms with Crippen LogP contribution in [0.15, 0.2) is 29.2 Å². The second kappa shape index (κ2) is 7.91. The van der Waals surface area contributed by atoms with Gasteiger partial charge in [0.25, 0.3) is 0 Å². The van der Waals surface area contributed by atoms with Crippen molar-refractivity contribution in [2.24, 2.45) is 0 Å². The van der Waals surface area contributed by atoms with E-state index in [0.29, 0.717) is 0 Å². The van der Waals surface area contributed by atoms with Crippen LogP contribution in [0.2, 0.25) is 0 Å². The first kappa shape index (κ1) is 18.1. The third kappa shape index (κ3) is 6.15. The van der Waals surface area contributed by atoms with Gasteiger partial charge in [-0.25, -0.2) is 0 Å². The van der Waals surface area contributed by atoms with Crippen LogP contribution >= 0.6 is 24.2 Å². The van der Waals surface area contributed by atoms with Crippen LogP contribution in [0.3, 0.4) is 0 Å². The van der Waals surface area contributed by atoms with Crippen molar-refractivity contribution in [3.8, 4) is 0 Å². The van der Waals surface area contributed by atoms with E-state index < -0.39 is 5.51 Å². The summed E-state index contributed by atoms with van der Waals surface area (Å²) in [6.07, 6.45) is 2.23. The average Bonchev–Trinajstić information content (AvgIpc) is 2.82. The largest absolute Gasteiger partial charge is 0.446 e. The van der Waals surface area contributed by atoms with E-state index >= 15 is 0 Å². The van der Waals surface area contributed by atoms with Crippen molar-refractivity contribution in [2.45, 2.75) is 35.7 Å². The summed E-state index contributed by atoms with van der Waals surface area (Å²) in [6, 6.07) is 6.07. The maximum absolute atomic E-state index is 12.4. The lowest BCUT2D eigenvalue weighted by Crippen LogP contribution is -2.27. The molecule has 1 aromatic rings. The molecule has 0 aromatic heterocycles. The minimum atomic E-state index is -4.37. The van der Waals surface area contributed by atoms with Crippen molar-refractivity contribution in [2.75, 3.05) is 11.9 Å². The number of thioether (sulfide) groups is 1. The highest BCUT2D eigenvalue weighted by molar-refractivity contribution is 8.00. The molecule has 21 heavy (non-hydrogen) atoms. The zero-order chi connectivity index (χ0) is 14.6. The van der Waals surface area contributed by atoms with Gasteiger partial charge >= 0.3 is 5.51 Å². The first-order valence-electron chi connectivity index (χ1n) is 6.32. The van der Waals surface area contributed by atoms with Crippen LogP contribution in [0.1, 0.15) is 19.3 Å². The molecule has 1 fully saturated rings. The number of para-hydroxylation sites is 1. The van der Waals surface area contributed by atoms with E-state index in [4.69, 9.17) is 0 Å². The Morgan fingerprint density at radius 2 is 2.10 bits per heavy atom. The standard InChI is InChI=1S/C13H15F3N2OS.ClH/c14-13(15,16)20-11-6-2-1-5-10(11)18-12(19)8-9-4-3-7-17-9;/h1-2,5-6,9,17H,3-4,7-8H2,(H,18,19);1H. The smallest absolute Gasteiger partial charge is 0.325 e. The van der Waals surface area contributed by atoms with Crippen molar-refractivity contribution in [1.82, 2.24) is 5.32 Å². The number of carbonyl (C=O) groups is 1. The molecule has 1 saturated heterocycles. The third-order valence-electron chi connectivity index (χ3n) is 2.98. The minimum Gasteiger partial charge on any atom is -0.325 e. The van der Waals surface area contributed by atoms with Gasteiger partial charge in [-0.2, -0.15) is 13.2 Å². The van der Waals surface area contributed by atoms with Crippen LogP contribution in [0.4, 0.5) is 18.9 Å². The molecule has 0 saturated carbocycles. The van der Waals surface area contributed by atoms with E-state index in [1.165, 1.54) is 18.2 Å². The van der Waals surface area contributed by atoms with Crippen LogP contribution < -0.4 is 10.6 Å². The highest BCUT2D eigenvalue weighted by Gasteiger charge is 2.30. The van der Waals surface area contributed by atoms with E-state index in [1.54, 1.807) is 6.07 Å². The van der Waals surface area contributed by atoms with Gasteiger partial charge in [-0.05, 0) is 43.3 Å². The molecule has 1 aliphatic rings. The van der Waals surface area contributed by atoms with Gasteiger partial charge in [0.05, 0.1) is 5.69 Å². The van der Waals surface area contributed by atoms with E-state index in [1.807, 2.05) is 0 Å². The lowest BCUT2D eigenvalue weighted by atomic mass is 10.1. The normalized spacial score (nSPS) is 18.1. The first-order valence-corrected chi connectivity index (χ1v) is 7.14. The Labute approximate surface area is 131 Å². The third-order valence-corrected chi connectivity index (χ3v) is 3.79. The molecule has 0 spiro atoms. The zero-order valence-corrected chi connectivity index (χ0v) is 12.7. The van der Waals surface area contributed by atoms with Crippen LogP contribution in [0, 0.1) is 0 Å². The van der Waals surface area contributed by atoms with Gasteiger partial charge in [-0.15, -0.1) is 12.4 Å². The molecule has 0 aliphatic carbocycles.